The van der Waals surface area contributed by atoms with Crippen LogP contribution in [0.4, 0.5) is 0 Å². The van der Waals surface area contributed by atoms with Crippen LogP contribution in [0.5, 0.6) is 0 Å². The van der Waals surface area contributed by atoms with Crippen LogP contribution in [0, 0.1) is 13.8 Å². The van der Waals surface area contributed by atoms with Crippen molar-refractivity contribution in [3.05, 3.63) is 47.9 Å². The summed E-state index contributed by atoms with van der Waals surface area (Å²) in [5.41, 5.74) is 2.17. The fourth-order valence-electron chi connectivity index (χ4n) is 2.20. The number of aromatic nitrogens is 4. The highest BCUT2D eigenvalue weighted by molar-refractivity contribution is 5.88. The van der Waals surface area contributed by atoms with Crippen LogP contribution in [0.25, 0.3) is 11.3 Å². The number of carboxylic acids is 1. The van der Waals surface area contributed by atoms with E-state index in [4.69, 9.17) is 0 Å². The Morgan fingerprint density at radius 3 is 2.74 bits per heavy atom. The summed E-state index contributed by atoms with van der Waals surface area (Å²) in [6, 6.07) is 3.69. The molecule has 0 spiro atoms. The number of carboxylic acid groups (broad SMARTS) is 1. The van der Waals surface area contributed by atoms with Crippen LogP contribution >= 0.6 is 0 Å². The normalized spacial score (nSPS) is 11.1. The Labute approximate surface area is 109 Å². The van der Waals surface area contributed by atoms with Gasteiger partial charge in [0.1, 0.15) is 11.5 Å². The molecule has 6 nitrogen and oxygen atoms in total. The minimum atomic E-state index is -0.982. The lowest BCUT2D eigenvalue weighted by molar-refractivity contribution is 0.0688. The number of nitrogens with zero attached hydrogens (tertiary/aromatic N) is 4. The number of hydrogen-bond acceptors (Lipinski definition) is 3. The Balaban J connectivity index is 2.28. The average molecular weight is 256 g/mol. The molecular formula is C13H12N4O2. The Bertz CT molecular complexity index is 785. The summed E-state index contributed by atoms with van der Waals surface area (Å²) in [6.07, 6.45) is 5.30. The molecule has 3 aromatic heterocycles. The van der Waals surface area contributed by atoms with Crippen LogP contribution in [-0.4, -0.2) is 30.0 Å². The molecule has 0 saturated heterocycles. The first-order valence-electron chi connectivity index (χ1n) is 5.80. The maximum atomic E-state index is 11.3. The number of rotatable bonds is 2. The van der Waals surface area contributed by atoms with Crippen LogP contribution < -0.4 is 0 Å². The van der Waals surface area contributed by atoms with Gasteiger partial charge < -0.3 is 9.67 Å². The molecule has 6 heteroatoms. The van der Waals surface area contributed by atoms with Gasteiger partial charge in [-0.25, -0.2) is 14.8 Å². The first kappa shape index (κ1) is 11.5. The number of aromatic carboxylic acids is 1. The molecule has 3 aromatic rings. The van der Waals surface area contributed by atoms with Gasteiger partial charge in [0.2, 0.25) is 0 Å². The topological polar surface area (TPSA) is 72.4 Å². The van der Waals surface area contributed by atoms with Crippen molar-refractivity contribution in [3.8, 4) is 5.69 Å². The lowest BCUT2D eigenvalue weighted by atomic mass is 10.3. The Morgan fingerprint density at radius 1 is 1.32 bits per heavy atom. The van der Waals surface area contributed by atoms with E-state index in [9.17, 15) is 9.90 Å². The SMILES string of the molecule is Cc1nc2ccc(-n3ccnc3C)cn2c1C(=O)O. The second-order valence-electron chi connectivity index (χ2n) is 4.31. The highest BCUT2D eigenvalue weighted by Gasteiger charge is 2.15. The molecule has 3 heterocycles. The molecule has 0 radical (unpaired) electrons. The van der Waals surface area contributed by atoms with Gasteiger partial charge in [-0.1, -0.05) is 0 Å². The molecule has 1 N–H and O–H groups in total. The van der Waals surface area contributed by atoms with Gasteiger partial charge in [0.25, 0.3) is 0 Å². The van der Waals surface area contributed by atoms with E-state index in [1.165, 1.54) is 0 Å². The Kier molecular flexibility index (Phi) is 2.38. The van der Waals surface area contributed by atoms with Crippen LogP contribution in [0.15, 0.2) is 30.7 Å². The maximum absolute atomic E-state index is 11.3. The summed E-state index contributed by atoms with van der Waals surface area (Å²) in [5, 5.41) is 9.25. The number of pyridine rings is 1. The zero-order valence-corrected chi connectivity index (χ0v) is 10.5. The number of aryl methyl sites for hydroxylation is 2. The van der Waals surface area contributed by atoms with Crippen molar-refractivity contribution in [2.45, 2.75) is 13.8 Å². The van der Waals surface area contributed by atoms with Crippen LogP contribution in [0.2, 0.25) is 0 Å². The highest BCUT2D eigenvalue weighted by atomic mass is 16.4. The van der Waals surface area contributed by atoms with Crippen LogP contribution in [0.3, 0.4) is 0 Å². The molecule has 0 unspecified atom stereocenters. The molecule has 0 fully saturated rings. The maximum Gasteiger partial charge on any atom is 0.354 e. The summed E-state index contributed by atoms with van der Waals surface area (Å²) >= 11 is 0. The quantitative estimate of drug-likeness (QED) is 0.759. The van der Waals surface area contributed by atoms with Crippen molar-refractivity contribution < 1.29 is 9.90 Å². The minimum Gasteiger partial charge on any atom is -0.477 e. The first-order chi connectivity index (χ1) is 9.08. The van der Waals surface area contributed by atoms with E-state index >= 15 is 0 Å². The third kappa shape index (κ3) is 1.69. The molecule has 0 amide bonds. The van der Waals surface area contributed by atoms with Gasteiger partial charge in [-0.2, -0.15) is 0 Å². The monoisotopic (exact) mass is 256 g/mol. The smallest absolute Gasteiger partial charge is 0.354 e. The minimum absolute atomic E-state index is 0.189. The molecule has 0 aliphatic rings. The fraction of sp³-hybridized carbons (Fsp3) is 0.154. The molecular weight excluding hydrogens is 244 g/mol. The number of fused-ring (bicyclic) bond motifs is 1. The number of hydrogen-bond donors (Lipinski definition) is 1. The van der Waals surface area contributed by atoms with E-state index in [0.717, 1.165) is 11.5 Å². The van der Waals surface area contributed by atoms with Gasteiger partial charge in [0, 0.05) is 18.6 Å². The standard InChI is InChI=1S/C13H12N4O2/c1-8-12(13(18)19)17-7-10(3-4-11(17)15-8)16-6-5-14-9(16)2/h3-7H,1-2H3,(H,18,19). The van der Waals surface area contributed by atoms with E-state index in [1.807, 2.05) is 23.8 Å². The van der Waals surface area contributed by atoms with Crippen molar-refractivity contribution in [1.29, 1.82) is 0 Å². The van der Waals surface area contributed by atoms with E-state index in [1.54, 1.807) is 29.8 Å². The molecule has 0 aromatic carbocycles. The summed E-state index contributed by atoms with van der Waals surface area (Å²) in [6.45, 7) is 3.58. The largest absolute Gasteiger partial charge is 0.477 e. The van der Waals surface area contributed by atoms with Gasteiger partial charge >= 0.3 is 5.97 Å². The Morgan fingerprint density at radius 2 is 2.11 bits per heavy atom. The van der Waals surface area contributed by atoms with Crippen molar-refractivity contribution in [2.24, 2.45) is 0 Å². The van der Waals surface area contributed by atoms with Crippen LogP contribution in [-0.2, 0) is 0 Å². The lowest BCUT2D eigenvalue weighted by Crippen LogP contribution is -2.05. The summed E-state index contributed by atoms with van der Waals surface area (Å²) in [7, 11) is 0. The van der Waals surface area contributed by atoms with Gasteiger partial charge in [0.05, 0.1) is 11.4 Å². The predicted octanol–water partition coefficient (Wildman–Crippen LogP) is 1.84. The van der Waals surface area contributed by atoms with Gasteiger partial charge in [-0.15, -0.1) is 0 Å². The fourth-order valence-corrected chi connectivity index (χ4v) is 2.20. The van der Waals surface area contributed by atoms with E-state index in [2.05, 4.69) is 9.97 Å². The lowest BCUT2D eigenvalue weighted by Gasteiger charge is -2.06. The number of carbonyl (C=O) groups is 1. The van der Waals surface area contributed by atoms with Crippen molar-refractivity contribution in [3.63, 3.8) is 0 Å². The molecule has 3 rings (SSSR count). The van der Waals surface area contributed by atoms with E-state index in [-0.39, 0.29) is 5.69 Å². The van der Waals surface area contributed by atoms with E-state index in [0.29, 0.717) is 11.3 Å². The van der Waals surface area contributed by atoms with Crippen molar-refractivity contribution >= 4 is 11.6 Å². The average Bonchev–Trinajstić information content (AvgIpc) is 2.90. The van der Waals surface area contributed by atoms with Gasteiger partial charge in [-0.3, -0.25) is 4.40 Å². The summed E-state index contributed by atoms with van der Waals surface area (Å²) in [4.78, 5) is 19.7. The molecule has 19 heavy (non-hydrogen) atoms. The van der Waals surface area contributed by atoms with Gasteiger partial charge in [-0.05, 0) is 26.0 Å². The molecule has 0 aliphatic heterocycles. The number of imidazole rings is 2. The predicted molar refractivity (Wildman–Crippen MR) is 68.7 cm³/mol. The zero-order valence-electron chi connectivity index (χ0n) is 10.5. The second kappa shape index (κ2) is 3.94. The second-order valence-corrected chi connectivity index (χ2v) is 4.31. The molecule has 0 atom stereocenters. The highest BCUT2D eigenvalue weighted by Crippen LogP contribution is 2.16. The van der Waals surface area contributed by atoms with Crippen molar-refractivity contribution in [1.82, 2.24) is 18.9 Å². The molecule has 96 valence electrons. The Hall–Kier alpha value is -2.63. The third-order valence-electron chi connectivity index (χ3n) is 3.08. The molecule has 0 bridgehead atoms. The van der Waals surface area contributed by atoms with Crippen LogP contribution in [0.1, 0.15) is 22.0 Å². The van der Waals surface area contributed by atoms with E-state index < -0.39 is 5.97 Å². The van der Waals surface area contributed by atoms with Gasteiger partial charge in [0.15, 0.2) is 5.69 Å². The first-order valence-corrected chi connectivity index (χ1v) is 5.80. The molecule has 0 saturated carbocycles. The zero-order chi connectivity index (χ0) is 13.6. The van der Waals surface area contributed by atoms with Crippen molar-refractivity contribution in [2.75, 3.05) is 0 Å². The summed E-state index contributed by atoms with van der Waals surface area (Å²) in [5.74, 6) is -0.141. The summed E-state index contributed by atoms with van der Waals surface area (Å²) < 4.78 is 3.48. The third-order valence-corrected chi connectivity index (χ3v) is 3.08. The molecule has 0 aliphatic carbocycles.